The Bertz CT molecular complexity index is 992. The van der Waals surface area contributed by atoms with Crippen LogP contribution in [0.3, 0.4) is 0 Å². The highest BCUT2D eigenvalue weighted by Gasteiger charge is 2.53. The lowest BCUT2D eigenvalue weighted by molar-refractivity contribution is -0.0160. The molecule has 6 rings (SSSR count). The first kappa shape index (κ1) is 37.7. The molecule has 4 fully saturated rings. The molecule has 0 unspecified atom stereocenters. The van der Waals surface area contributed by atoms with Crippen molar-refractivity contribution in [3.63, 3.8) is 0 Å². The summed E-state index contributed by atoms with van der Waals surface area (Å²) in [4.78, 5) is 0. The molecule has 0 aromatic carbocycles. The van der Waals surface area contributed by atoms with Crippen LogP contribution in [-0.2, 0) is 4.74 Å². The van der Waals surface area contributed by atoms with Crippen molar-refractivity contribution in [1.29, 1.82) is 0 Å². The van der Waals surface area contributed by atoms with E-state index in [0.717, 1.165) is 36.9 Å². The van der Waals surface area contributed by atoms with Crippen molar-refractivity contribution in [2.45, 2.75) is 182 Å². The van der Waals surface area contributed by atoms with E-state index in [1.54, 1.807) is 0 Å². The summed E-state index contributed by atoms with van der Waals surface area (Å²) in [5, 5.41) is 0. The fourth-order valence-electron chi connectivity index (χ4n) is 12.9. The van der Waals surface area contributed by atoms with E-state index >= 15 is 0 Å². The zero-order chi connectivity index (χ0) is 34.2. The second kappa shape index (κ2) is 17.2. The van der Waals surface area contributed by atoms with E-state index in [-0.39, 0.29) is 10.8 Å². The van der Waals surface area contributed by atoms with Crippen molar-refractivity contribution >= 4 is 0 Å². The van der Waals surface area contributed by atoms with Crippen molar-refractivity contribution < 1.29 is 4.74 Å². The molecule has 0 saturated heterocycles. The van der Waals surface area contributed by atoms with Gasteiger partial charge in [0.05, 0.1) is 13.2 Å². The Kier molecular flexibility index (Phi) is 13.2. The van der Waals surface area contributed by atoms with Gasteiger partial charge in [-0.15, -0.1) is 0 Å². The van der Waals surface area contributed by atoms with Gasteiger partial charge in [-0.1, -0.05) is 179 Å². The third-order valence-corrected chi connectivity index (χ3v) is 16.2. The Morgan fingerprint density at radius 2 is 0.837 bits per heavy atom. The molecule has 1 heteroatoms. The standard InChI is InChI=1S/C48H78O/c1-5-7-15-39-17-21-43(22-18-39)47(29-11-9-12-30-47)45(3)33-25-41(26-34-45)37-49-38-42-27-35-46(4,36-28-42)48(31-13-10-14-32-48)44-23-19-40(20-24-44)16-8-6-2/h25-28,33-36,39-44H,5-24,29-32,37-38H2,1-4H3. The predicted octanol–water partition coefficient (Wildman–Crippen LogP) is 14.4. The highest BCUT2D eigenvalue weighted by molar-refractivity contribution is 5.27. The van der Waals surface area contributed by atoms with Crippen LogP contribution in [0.1, 0.15) is 182 Å². The van der Waals surface area contributed by atoms with Gasteiger partial charge in [0.1, 0.15) is 0 Å². The van der Waals surface area contributed by atoms with Crippen LogP contribution in [0.15, 0.2) is 48.6 Å². The quantitative estimate of drug-likeness (QED) is 0.167. The summed E-state index contributed by atoms with van der Waals surface area (Å²) in [5.74, 6) is 4.64. The molecular weight excluding hydrogens is 593 g/mol. The first-order chi connectivity index (χ1) is 23.9. The highest BCUT2D eigenvalue weighted by atomic mass is 16.5. The van der Waals surface area contributed by atoms with Gasteiger partial charge in [-0.25, -0.2) is 0 Å². The van der Waals surface area contributed by atoms with Gasteiger partial charge >= 0.3 is 0 Å². The maximum atomic E-state index is 6.51. The van der Waals surface area contributed by atoms with Crippen molar-refractivity contribution in [3.05, 3.63) is 48.6 Å². The van der Waals surface area contributed by atoms with Gasteiger partial charge in [-0.05, 0) is 85.9 Å². The van der Waals surface area contributed by atoms with Crippen LogP contribution in [0.4, 0.5) is 0 Å². The number of rotatable bonds is 14. The zero-order valence-electron chi connectivity index (χ0n) is 32.9. The molecule has 0 spiro atoms. The van der Waals surface area contributed by atoms with E-state index in [1.165, 1.54) is 154 Å². The second-order valence-corrected chi connectivity index (χ2v) is 19.0. The summed E-state index contributed by atoms with van der Waals surface area (Å²) in [5.41, 5.74) is 1.34. The average molecular weight is 671 g/mol. The minimum atomic E-state index is 0.202. The van der Waals surface area contributed by atoms with Gasteiger partial charge < -0.3 is 4.74 Å². The molecule has 4 saturated carbocycles. The van der Waals surface area contributed by atoms with E-state index in [9.17, 15) is 0 Å². The third-order valence-electron chi connectivity index (χ3n) is 16.2. The summed E-state index contributed by atoms with van der Waals surface area (Å²) in [6, 6.07) is 0. The molecule has 0 radical (unpaired) electrons. The number of hydrogen-bond donors (Lipinski definition) is 0. The Morgan fingerprint density at radius 1 is 0.490 bits per heavy atom. The lowest BCUT2D eigenvalue weighted by Crippen LogP contribution is -2.47. The minimum Gasteiger partial charge on any atom is -0.380 e. The largest absolute Gasteiger partial charge is 0.380 e. The molecule has 6 aliphatic rings. The SMILES string of the molecule is CCCCC1CCC(C2(C3(C)C=CC(COCC4C=CC(C)(C5(C6CCC(CCCC)CC6)CCCCC5)C=C4)C=C3)CCCCC2)CC1. The van der Waals surface area contributed by atoms with Crippen molar-refractivity contribution in [3.8, 4) is 0 Å². The zero-order valence-corrected chi connectivity index (χ0v) is 32.9. The van der Waals surface area contributed by atoms with Gasteiger partial charge in [0.2, 0.25) is 0 Å². The Balaban J connectivity index is 1.01. The van der Waals surface area contributed by atoms with Gasteiger partial charge in [0.25, 0.3) is 0 Å². The second-order valence-electron chi connectivity index (χ2n) is 19.0. The van der Waals surface area contributed by atoms with Crippen LogP contribution in [0.25, 0.3) is 0 Å². The topological polar surface area (TPSA) is 9.23 Å². The van der Waals surface area contributed by atoms with Crippen molar-refractivity contribution in [2.24, 2.45) is 57.2 Å². The molecular formula is C48H78O. The first-order valence-electron chi connectivity index (χ1n) is 22.2. The molecule has 0 aromatic heterocycles. The highest BCUT2D eigenvalue weighted by Crippen LogP contribution is 2.62. The third kappa shape index (κ3) is 8.28. The van der Waals surface area contributed by atoms with E-state index < -0.39 is 0 Å². The van der Waals surface area contributed by atoms with E-state index in [0.29, 0.717) is 22.7 Å². The fraction of sp³-hybridized carbons (Fsp3) is 0.833. The van der Waals surface area contributed by atoms with Crippen LogP contribution < -0.4 is 0 Å². The number of hydrogen-bond acceptors (Lipinski definition) is 1. The lowest BCUT2D eigenvalue weighted by Gasteiger charge is -2.56. The van der Waals surface area contributed by atoms with Crippen molar-refractivity contribution in [2.75, 3.05) is 13.2 Å². The molecule has 0 heterocycles. The summed E-state index contributed by atoms with van der Waals surface area (Å²) >= 11 is 0. The van der Waals surface area contributed by atoms with Gasteiger partial charge in [-0.3, -0.25) is 0 Å². The average Bonchev–Trinajstić information content (AvgIpc) is 3.15. The van der Waals surface area contributed by atoms with Crippen molar-refractivity contribution in [1.82, 2.24) is 0 Å². The molecule has 0 aliphatic heterocycles. The maximum absolute atomic E-state index is 6.51. The van der Waals surface area contributed by atoms with E-state index in [1.807, 2.05) is 0 Å². The minimum absolute atomic E-state index is 0.202. The Hall–Kier alpha value is -1.08. The molecule has 276 valence electrons. The molecule has 0 amide bonds. The molecule has 0 bridgehead atoms. The Labute approximate surface area is 304 Å². The van der Waals surface area contributed by atoms with Crippen LogP contribution in [0, 0.1) is 57.2 Å². The molecule has 0 aromatic rings. The van der Waals surface area contributed by atoms with Crippen LogP contribution in [-0.4, -0.2) is 13.2 Å². The predicted molar refractivity (Wildman–Crippen MR) is 212 cm³/mol. The van der Waals surface area contributed by atoms with Gasteiger partial charge in [0.15, 0.2) is 0 Å². The van der Waals surface area contributed by atoms with Gasteiger partial charge in [0, 0.05) is 22.7 Å². The summed E-state index contributed by atoms with van der Waals surface area (Å²) < 4.78 is 6.51. The molecule has 0 N–H and O–H groups in total. The summed E-state index contributed by atoms with van der Waals surface area (Å²) in [6.07, 6.45) is 55.5. The molecule has 49 heavy (non-hydrogen) atoms. The monoisotopic (exact) mass is 671 g/mol. The fourth-order valence-corrected chi connectivity index (χ4v) is 12.9. The van der Waals surface area contributed by atoms with Crippen LogP contribution >= 0.6 is 0 Å². The van der Waals surface area contributed by atoms with Crippen LogP contribution in [0.5, 0.6) is 0 Å². The normalized spacial score (nSPS) is 38.9. The summed E-state index contributed by atoms with van der Waals surface area (Å²) in [6.45, 7) is 11.5. The van der Waals surface area contributed by atoms with E-state index in [4.69, 9.17) is 4.74 Å². The molecule has 0 atom stereocenters. The molecule has 1 nitrogen and oxygen atoms in total. The van der Waals surface area contributed by atoms with Gasteiger partial charge in [-0.2, -0.15) is 0 Å². The lowest BCUT2D eigenvalue weighted by atomic mass is 9.49. The number of allylic oxidation sites excluding steroid dienone is 4. The first-order valence-corrected chi connectivity index (χ1v) is 22.2. The number of unbranched alkanes of at least 4 members (excludes halogenated alkanes) is 2. The van der Waals surface area contributed by atoms with Crippen LogP contribution in [0.2, 0.25) is 0 Å². The summed E-state index contributed by atoms with van der Waals surface area (Å²) in [7, 11) is 0. The molecule has 6 aliphatic carbocycles. The van der Waals surface area contributed by atoms with E-state index in [2.05, 4.69) is 76.3 Å². The maximum Gasteiger partial charge on any atom is 0.0563 e. The Morgan fingerprint density at radius 3 is 1.16 bits per heavy atom. The smallest absolute Gasteiger partial charge is 0.0563 e. The number of ether oxygens (including phenoxy) is 1.